The predicted molar refractivity (Wildman–Crippen MR) is 65.7 cm³/mol. The average molecular weight is 201 g/mol. The third-order valence-electron chi connectivity index (χ3n) is 2.38. The zero-order chi connectivity index (χ0) is 11.1. The Kier molecular flexibility index (Phi) is 4.93. The van der Waals surface area contributed by atoms with Gasteiger partial charge in [0.05, 0.1) is 0 Å². The molecule has 0 heterocycles. The van der Waals surface area contributed by atoms with Gasteiger partial charge in [0.1, 0.15) is 0 Å². The Labute approximate surface area is 92.9 Å². The van der Waals surface area contributed by atoms with E-state index in [1.807, 2.05) is 6.92 Å². The van der Waals surface area contributed by atoms with Crippen LogP contribution in [0.25, 0.3) is 0 Å². The predicted octanol–water partition coefficient (Wildman–Crippen LogP) is 3.06. The highest BCUT2D eigenvalue weighted by Crippen LogP contribution is 2.17. The molecule has 15 heavy (non-hydrogen) atoms. The summed E-state index contributed by atoms with van der Waals surface area (Å²) in [4.78, 5) is 0. The molecule has 0 bridgehead atoms. The highest BCUT2D eigenvalue weighted by atomic mass is 14.9. The molecule has 1 N–H and O–H groups in total. The van der Waals surface area contributed by atoms with Gasteiger partial charge >= 0.3 is 0 Å². The molecule has 0 amide bonds. The van der Waals surface area contributed by atoms with Crippen LogP contribution in [0.3, 0.4) is 0 Å². The number of hydrogen-bond acceptors (Lipinski definition) is 1. The zero-order valence-electron chi connectivity index (χ0n) is 9.80. The van der Waals surface area contributed by atoms with E-state index >= 15 is 0 Å². The minimum absolute atomic E-state index is 0.363. The monoisotopic (exact) mass is 201 g/mol. The van der Waals surface area contributed by atoms with E-state index in [0.29, 0.717) is 6.04 Å². The quantitative estimate of drug-likeness (QED) is 0.738. The number of rotatable bonds is 4. The summed E-state index contributed by atoms with van der Waals surface area (Å²) in [5.74, 6) is 6.09. The molecular weight excluding hydrogens is 182 g/mol. The molecular formula is C14H19N. The Hall–Kier alpha value is -1.26. The lowest BCUT2D eigenvalue weighted by molar-refractivity contribution is 0.565. The van der Waals surface area contributed by atoms with Crippen LogP contribution in [-0.2, 0) is 0 Å². The van der Waals surface area contributed by atoms with Crippen LogP contribution >= 0.6 is 0 Å². The van der Waals surface area contributed by atoms with Crippen LogP contribution in [0.2, 0.25) is 0 Å². The molecule has 1 atom stereocenters. The second-order valence-corrected chi connectivity index (χ2v) is 3.66. The van der Waals surface area contributed by atoms with Crippen molar-refractivity contribution >= 4 is 0 Å². The summed E-state index contributed by atoms with van der Waals surface area (Å²) in [6.07, 6.45) is 0.883. The normalized spacial score (nSPS) is 11.7. The number of nitrogens with one attached hydrogen (secondary N) is 1. The van der Waals surface area contributed by atoms with Crippen molar-refractivity contribution in [2.24, 2.45) is 0 Å². The van der Waals surface area contributed by atoms with Gasteiger partial charge in [-0.1, -0.05) is 36.8 Å². The first-order chi connectivity index (χ1) is 7.27. The molecule has 1 heteroatoms. The first-order valence-corrected chi connectivity index (χ1v) is 5.47. The van der Waals surface area contributed by atoms with Gasteiger partial charge in [0, 0.05) is 12.5 Å². The van der Waals surface area contributed by atoms with E-state index in [0.717, 1.165) is 13.0 Å². The molecule has 1 unspecified atom stereocenters. The van der Waals surface area contributed by atoms with Crippen molar-refractivity contribution < 1.29 is 0 Å². The van der Waals surface area contributed by atoms with E-state index in [9.17, 15) is 0 Å². The van der Waals surface area contributed by atoms with Crippen LogP contribution < -0.4 is 5.32 Å². The third-order valence-corrected chi connectivity index (χ3v) is 2.38. The first kappa shape index (κ1) is 11.8. The minimum Gasteiger partial charge on any atom is -0.309 e. The van der Waals surface area contributed by atoms with Gasteiger partial charge in [-0.3, -0.25) is 0 Å². The van der Waals surface area contributed by atoms with Crippen molar-refractivity contribution in [2.45, 2.75) is 33.2 Å². The average Bonchev–Trinajstić information content (AvgIpc) is 2.24. The lowest BCUT2D eigenvalue weighted by Crippen LogP contribution is -2.20. The van der Waals surface area contributed by atoms with Gasteiger partial charge in [-0.2, -0.15) is 0 Å². The molecule has 1 aromatic rings. The molecule has 0 aliphatic carbocycles. The number of hydrogen-bond donors (Lipinski definition) is 1. The summed E-state index contributed by atoms with van der Waals surface area (Å²) in [6.45, 7) is 7.11. The van der Waals surface area contributed by atoms with Crippen LogP contribution in [0.5, 0.6) is 0 Å². The summed E-state index contributed by atoms with van der Waals surface area (Å²) in [7, 11) is 0. The molecule has 0 saturated heterocycles. The van der Waals surface area contributed by atoms with Crippen LogP contribution in [0.1, 0.15) is 37.4 Å². The van der Waals surface area contributed by atoms with Crippen LogP contribution in [0.4, 0.5) is 0 Å². The molecule has 1 nitrogen and oxygen atoms in total. The van der Waals surface area contributed by atoms with Crippen LogP contribution in [0.15, 0.2) is 24.3 Å². The molecule has 0 radical (unpaired) electrons. The molecule has 80 valence electrons. The smallest absolute Gasteiger partial charge is 0.0430 e. The van der Waals surface area contributed by atoms with Gasteiger partial charge in [0.25, 0.3) is 0 Å². The van der Waals surface area contributed by atoms with E-state index in [2.05, 4.69) is 55.3 Å². The molecule has 0 aliphatic rings. The molecule has 0 spiro atoms. The van der Waals surface area contributed by atoms with E-state index in [-0.39, 0.29) is 0 Å². The fraction of sp³-hybridized carbons (Fsp3) is 0.429. The zero-order valence-corrected chi connectivity index (χ0v) is 9.80. The Balaban J connectivity index is 2.81. The second-order valence-electron chi connectivity index (χ2n) is 3.66. The summed E-state index contributed by atoms with van der Waals surface area (Å²) in [6, 6.07) is 8.98. The summed E-state index contributed by atoms with van der Waals surface area (Å²) >= 11 is 0. The lowest BCUT2D eigenvalue weighted by Gasteiger charge is -2.16. The molecule has 0 aromatic heterocycles. The van der Waals surface area contributed by atoms with E-state index in [1.165, 1.54) is 11.1 Å². The largest absolute Gasteiger partial charge is 0.309 e. The molecule has 1 aromatic carbocycles. The van der Waals surface area contributed by atoms with E-state index in [4.69, 9.17) is 0 Å². The highest BCUT2D eigenvalue weighted by Gasteiger charge is 2.07. The van der Waals surface area contributed by atoms with E-state index < -0.39 is 0 Å². The minimum atomic E-state index is 0.363. The number of benzene rings is 1. The van der Waals surface area contributed by atoms with Gasteiger partial charge in [-0.25, -0.2) is 0 Å². The maximum atomic E-state index is 3.46. The first-order valence-electron chi connectivity index (χ1n) is 5.47. The lowest BCUT2D eigenvalue weighted by atomic mass is 10.0. The Morgan fingerprint density at radius 1 is 1.40 bits per heavy atom. The topological polar surface area (TPSA) is 12.0 Å². The summed E-state index contributed by atoms with van der Waals surface area (Å²) < 4.78 is 0. The molecule has 0 saturated carbocycles. The van der Waals surface area contributed by atoms with Crippen molar-refractivity contribution in [3.63, 3.8) is 0 Å². The molecule has 1 rings (SSSR count). The van der Waals surface area contributed by atoms with Crippen molar-refractivity contribution in [3.8, 4) is 11.8 Å². The maximum Gasteiger partial charge on any atom is 0.0430 e. The third kappa shape index (κ3) is 3.77. The molecule has 0 aliphatic heterocycles. The van der Waals surface area contributed by atoms with Crippen molar-refractivity contribution in [1.82, 2.24) is 5.32 Å². The summed E-state index contributed by atoms with van der Waals surface area (Å²) in [5, 5.41) is 3.46. The standard InChI is InChI=1S/C14H19N/c1-4-6-10-14(15-5-2)13-9-7-8-12(3)11-13/h7-9,11,14-15H,5,10H2,1-3H3. The second kappa shape index (κ2) is 6.27. The molecule has 0 fully saturated rings. The summed E-state index contributed by atoms with van der Waals surface area (Å²) in [5.41, 5.74) is 2.64. The van der Waals surface area contributed by atoms with Crippen molar-refractivity contribution in [2.75, 3.05) is 6.54 Å². The van der Waals surface area contributed by atoms with Gasteiger partial charge in [-0.15, -0.1) is 11.8 Å². The van der Waals surface area contributed by atoms with Crippen molar-refractivity contribution in [3.05, 3.63) is 35.4 Å². The maximum absolute atomic E-state index is 3.46. The fourth-order valence-electron chi connectivity index (χ4n) is 1.65. The Morgan fingerprint density at radius 2 is 2.20 bits per heavy atom. The number of aryl methyl sites for hydroxylation is 1. The van der Waals surface area contributed by atoms with Crippen molar-refractivity contribution in [1.29, 1.82) is 0 Å². The SMILES string of the molecule is CC#CCC(NCC)c1cccc(C)c1. The van der Waals surface area contributed by atoms with Crippen LogP contribution in [0, 0.1) is 18.8 Å². The van der Waals surface area contributed by atoms with Gasteiger partial charge in [0.2, 0.25) is 0 Å². The Bertz CT molecular complexity index is 357. The van der Waals surface area contributed by atoms with Gasteiger partial charge in [0.15, 0.2) is 0 Å². The van der Waals surface area contributed by atoms with Crippen LogP contribution in [-0.4, -0.2) is 6.54 Å². The highest BCUT2D eigenvalue weighted by molar-refractivity contribution is 5.26. The fourth-order valence-corrected chi connectivity index (χ4v) is 1.65. The Morgan fingerprint density at radius 3 is 2.80 bits per heavy atom. The van der Waals surface area contributed by atoms with Gasteiger partial charge in [-0.05, 0) is 26.0 Å². The van der Waals surface area contributed by atoms with Gasteiger partial charge < -0.3 is 5.32 Å². The van der Waals surface area contributed by atoms with E-state index in [1.54, 1.807) is 0 Å².